The minimum absolute atomic E-state index is 0. The smallest absolute Gasteiger partial charge is 0.545 e. The molecule has 0 aromatic heterocycles. The third-order valence-corrected chi connectivity index (χ3v) is 0.801. The third kappa shape index (κ3) is 9.87. The van der Waals surface area contributed by atoms with Gasteiger partial charge in [0.15, 0.2) is 0 Å². The van der Waals surface area contributed by atoms with Gasteiger partial charge in [0, 0.05) is 0 Å². The van der Waals surface area contributed by atoms with E-state index in [2.05, 4.69) is 13.2 Å². The van der Waals surface area contributed by atoms with Crippen molar-refractivity contribution in [3.8, 4) is 0 Å². The standard InChI is InChI=1S/C7H10O3.Na.H2O/c1-3-4-10-5-6(2)7(8)9;;/h3H,1-2,4-5H2,(H,8,9);;1H2/q;+1;/p-1. The molecule has 0 aromatic carbocycles. The van der Waals surface area contributed by atoms with Gasteiger partial charge in [0.1, 0.15) is 0 Å². The Bertz CT molecular complexity index is 155. The molecule has 0 aromatic rings. The van der Waals surface area contributed by atoms with Gasteiger partial charge in [-0.05, 0) is 5.57 Å². The first-order valence-corrected chi connectivity index (χ1v) is 2.76. The fourth-order valence-corrected chi connectivity index (χ4v) is 0.324. The van der Waals surface area contributed by atoms with Crippen LogP contribution >= 0.6 is 0 Å². The van der Waals surface area contributed by atoms with Gasteiger partial charge in [-0.1, -0.05) is 12.7 Å². The maximum Gasteiger partial charge on any atom is 1.00 e. The van der Waals surface area contributed by atoms with Crippen LogP contribution < -0.4 is 34.7 Å². The molecule has 0 aliphatic carbocycles. The maximum absolute atomic E-state index is 9.98. The molecule has 5 heteroatoms. The van der Waals surface area contributed by atoms with Crippen molar-refractivity contribution in [3.05, 3.63) is 24.8 Å². The van der Waals surface area contributed by atoms with Gasteiger partial charge in [-0.15, -0.1) is 6.58 Å². The van der Waals surface area contributed by atoms with Gasteiger partial charge in [-0.3, -0.25) is 0 Å². The van der Waals surface area contributed by atoms with E-state index in [4.69, 9.17) is 4.74 Å². The van der Waals surface area contributed by atoms with E-state index in [-0.39, 0.29) is 47.2 Å². The Morgan fingerprint density at radius 2 is 2.08 bits per heavy atom. The van der Waals surface area contributed by atoms with Crippen LogP contribution in [0.1, 0.15) is 0 Å². The Morgan fingerprint density at radius 1 is 1.58 bits per heavy atom. The number of ether oxygens (including phenoxy) is 1. The second kappa shape index (κ2) is 10.9. The summed E-state index contributed by atoms with van der Waals surface area (Å²) >= 11 is 0. The van der Waals surface area contributed by atoms with Crippen LogP contribution in [0.15, 0.2) is 24.8 Å². The fourth-order valence-electron chi connectivity index (χ4n) is 0.324. The van der Waals surface area contributed by atoms with E-state index in [1.807, 2.05) is 0 Å². The zero-order valence-electron chi connectivity index (χ0n) is 7.13. The molecule has 64 valence electrons. The van der Waals surface area contributed by atoms with Crippen LogP contribution in [0.2, 0.25) is 0 Å². The minimum Gasteiger partial charge on any atom is -0.545 e. The van der Waals surface area contributed by atoms with Crippen molar-refractivity contribution in [1.29, 1.82) is 0 Å². The first-order valence-electron chi connectivity index (χ1n) is 2.76. The van der Waals surface area contributed by atoms with Gasteiger partial charge in [0.2, 0.25) is 0 Å². The normalized spacial score (nSPS) is 7.33. The molecule has 0 aliphatic heterocycles. The Morgan fingerprint density at radius 3 is 2.42 bits per heavy atom. The summed E-state index contributed by atoms with van der Waals surface area (Å²) < 4.78 is 4.77. The second-order valence-corrected chi connectivity index (χ2v) is 1.69. The molecule has 0 amide bonds. The molecule has 0 spiro atoms. The number of aliphatic carboxylic acids is 1. The van der Waals surface area contributed by atoms with Crippen molar-refractivity contribution in [2.75, 3.05) is 13.2 Å². The Kier molecular flexibility index (Phi) is 16.1. The van der Waals surface area contributed by atoms with E-state index < -0.39 is 5.97 Å². The van der Waals surface area contributed by atoms with E-state index >= 15 is 0 Å². The van der Waals surface area contributed by atoms with Crippen LogP contribution in [-0.4, -0.2) is 24.7 Å². The van der Waals surface area contributed by atoms with Crippen LogP contribution in [0, 0.1) is 0 Å². The Labute approximate surface area is 93.5 Å². The summed E-state index contributed by atoms with van der Waals surface area (Å²) in [6.07, 6.45) is 1.53. The van der Waals surface area contributed by atoms with Crippen molar-refractivity contribution < 1.29 is 49.7 Å². The summed E-state index contributed by atoms with van der Waals surface area (Å²) in [5.41, 5.74) is -0.0538. The van der Waals surface area contributed by atoms with Crippen LogP contribution in [0.3, 0.4) is 0 Å². The predicted octanol–water partition coefficient (Wildman–Crippen LogP) is -4.33. The van der Waals surface area contributed by atoms with Crippen LogP contribution in [0.25, 0.3) is 0 Å². The number of carbonyl (C=O) groups excluding carboxylic acids is 1. The molecule has 2 N–H and O–H groups in total. The van der Waals surface area contributed by atoms with Crippen molar-refractivity contribution in [3.63, 3.8) is 0 Å². The molecule has 0 radical (unpaired) electrons. The number of hydrogen-bond acceptors (Lipinski definition) is 3. The average molecular weight is 182 g/mol. The molecule has 0 bridgehead atoms. The largest absolute Gasteiger partial charge is 1.00 e. The topological polar surface area (TPSA) is 80.9 Å². The molecule has 0 heterocycles. The molecular formula is C7H11NaO4. The van der Waals surface area contributed by atoms with E-state index in [1.165, 1.54) is 6.08 Å². The number of carbonyl (C=O) groups is 1. The summed E-state index contributed by atoms with van der Waals surface area (Å²) in [5, 5.41) is 9.98. The maximum atomic E-state index is 9.98. The van der Waals surface area contributed by atoms with Gasteiger partial charge in [0.25, 0.3) is 0 Å². The second-order valence-electron chi connectivity index (χ2n) is 1.69. The molecule has 0 fully saturated rings. The fraction of sp³-hybridized carbons (Fsp3) is 0.286. The van der Waals surface area contributed by atoms with Crippen LogP contribution in [0.4, 0.5) is 0 Å². The number of hydrogen-bond donors (Lipinski definition) is 0. The van der Waals surface area contributed by atoms with E-state index in [0.29, 0.717) is 6.61 Å². The molecule has 12 heavy (non-hydrogen) atoms. The van der Waals surface area contributed by atoms with Crippen LogP contribution in [0.5, 0.6) is 0 Å². The molecule has 0 rings (SSSR count). The zero-order valence-corrected chi connectivity index (χ0v) is 9.13. The minimum atomic E-state index is -1.27. The molecule has 0 saturated heterocycles. The predicted molar refractivity (Wildman–Crippen MR) is 38.8 cm³/mol. The summed E-state index contributed by atoms with van der Waals surface area (Å²) in [6.45, 7) is 6.91. The zero-order chi connectivity index (χ0) is 7.98. The molecule has 0 aliphatic rings. The monoisotopic (exact) mass is 182 g/mol. The van der Waals surface area contributed by atoms with Crippen molar-refractivity contribution in [2.24, 2.45) is 0 Å². The van der Waals surface area contributed by atoms with Gasteiger partial charge < -0.3 is 20.1 Å². The summed E-state index contributed by atoms with van der Waals surface area (Å²) in [4.78, 5) is 9.98. The number of carboxylic acids is 1. The SMILES string of the molecule is C=CCOCC(=C)C(=O)[O-].O.[Na+]. The van der Waals surface area contributed by atoms with E-state index in [0.717, 1.165) is 0 Å². The average Bonchev–Trinajstić information content (AvgIpc) is 1.88. The number of carboxylic acid groups (broad SMARTS) is 1. The van der Waals surface area contributed by atoms with Gasteiger partial charge in [-0.25, -0.2) is 0 Å². The van der Waals surface area contributed by atoms with E-state index in [1.54, 1.807) is 0 Å². The number of rotatable bonds is 5. The van der Waals surface area contributed by atoms with Gasteiger partial charge in [0.05, 0.1) is 19.2 Å². The molecule has 0 saturated carbocycles. The van der Waals surface area contributed by atoms with Crippen molar-refractivity contribution in [2.45, 2.75) is 0 Å². The molecule has 0 unspecified atom stereocenters. The van der Waals surface area contributed by atoms with Crippen molar-refractivity contribution in [1.82, 2.24) is 0 Å². The Balaban J connectivity index is -0.000000405. The van der Waals surface area contributed by atoms with Crippen LogP contribution in [-0.2, 0) is 9.53 Å². The molecular weight excluding hydrogens is 171 g/mol. The van der Waals surface area contributed by atoms with Crippen molar-refractivity contribution >= 4 is 5.97 Å². The molecule has 4 nitrogen and oxygen atoms in total. The molecule has 0 atom stereocenters. The Hall–Kier alpha value is -0.130. The third-order valence-electron chi connectivity index (χ3n) is 0.801. The van der Waals surface area contributed by atoms with Gasteiger partial charge in [-0.2, -0.15) is 0 Å². The quantitative estimate of drug-likeness (QED) is 0.186. The summed E-state index contributed by atoms with van der Waals surface area (Å²) in [7, 11) is 0. The summed E-state index contributed by atoms with van der Waals surface area (Å²) in [5.74, 6) is -1.27. The van der Waals surface area contributed by atoms with E-state index in [9.17, 15) is 9.90 Å². The first-order chi connectivity index (χ1) is 4.68. The summed E-state index contributed by atoms with van der Waals surface area (Å²) in [6, 6.07) is 0. The first kappa shape index (κ1) is 17.8. The van der Waals surface area contributed by atoms with Gasteiger partial charge >= 0.3 is 29.6 Å².